The van der Waals surface area contributed by atoms with Crippen molar-refractivity contribution in [2.24, 2.45) is 0 Å². The molecule has 3 aromatic rings. The fourth-order valence-electron chi connectivity index (χ4n) is 3.02. The van der Waals surface area contributed by atoms with Crippen LogP contribution in [0.4, 0.5) is 5.69 Å². The number of anilines is 1. The molecule has 0 aliphatic heterocycles. The number of rotatable bonds is 10. The zero-order chi connectivity index (χ0) is 23.1. The predicted octanol–water partition coefficient (Wildman–Crippen LogP) is 4.60. The van der Waals surface area contributed by atoms with Crippen molar-refractivity contribution in [3.63, 3.8) is 0 Å². The molecular weight excluding hydrogens is 450 g/mol. The van der Waals surface area contributed by atoms with Crippen LogP contribution in [0, 0.1) is 0 Å². The molecular formula is C23H26ClN3O4S. The van der Waals surface area contributed by atoms with Crippen molar-refractivity contribution >= 4 is 45.9 Å². The van der Waals surface area contributed by atoms with Crippen LogP contribution in [0.3, 0.4) is 0 Å². The molecule has 32 heavy (non-hydrogen) atoms. The van der Waals surface area contributed by atoms with Crippen molar-refractivity contribution in [3.8, 4) is 5.75 Å². The molecule has 0 aliphatic rings. The smallest absolute Gasteiger partial charge is 0.262 e. The normalized spacial score (nSPS) is 11.2. The predicted molar refractivity (Wildman–Crippen MR) is 129 cm³/mol. The first kappa shape index (κ1) is 24.1. The van der Waals surface area contributed by atoms with Gasteiger partial charge in [-0.05, 0) is 62.7 Å². The molecule has 170 valence electrons. The lowest BCUT2D eigenvalue weighted by atomic mass is 10.2. The number of amides is 1. The summed E-state index contributed by atoms with van der Waals surface area (Å²) in [5, 5.41) is 4.30. The average Bonchev–Trinajstić information content (AvgIpc) is 2.76. The topological polar surface area (TPSA) is 82.5 Å². The molecule has 0 saturated carbocycles. The van der Waals surface area contributed by atoms with Crippen LogP contribution >= 0.6 is 23.4 Å². The molecule has 1 heterocycles. The minimum absolute atomic E-state index is 0.104. The monoisotopic (exact) mass is 475 g/mol. The van der Waals surface area contributed by atoms with Crippen molar-refractivity contribution in [2.45, 2.75) is 38.1 Å². The Balaban J connectivity index is 1.76. The Kier molecular flexibility index (Phi) is 8.55. The summed E-state index contributed by atoms with van der Waals surface area (Å²) in [5.74, 6) is 0.615. The molecule has 0 atom stereocenters. The molecule has 0 aliphatic carbocycles. The molecule has 0 bridgehead atoms. The summed E-state index contributed by atoms with van der Waals surface area (Å²) in [7, 11) is 1.59. The zero-order valence-electron chi connectivity index (χ0n) is 18.3. The van der Waals surface area contributed by atoms with Gasteiger partial charge in [-0.25, -0.2) is 4.98 Å². The van der Waals surface area contributed by atoms with Crippen LogP contribution in [0.1, 0.15) is 20.3 Å². The highest BCUT2D eigenvalue weighted by atomic mass is 35.5. The van der Waals surface area contributed by atoms with E-state index in [-0.39, 0.29) is 23.3 Å². The maximum Gasteiger partial charge on any atom is 0.262 e. The Bertz CT molecular complexity index is 1130. The molecule has 1 aromatic heterocycles. The van der Waals surface area contributed by atoms with Gasteiger partial charge in [-0.1, -0.05) is 23.4 Å². The fourth-order valence-corrected chi connectivity index (χ4v) is 4.02. The number of hydrogen-bond acceptors (Lipinski definition) is 6. The number of carbonyl (C=O) groups excluding carboxylic acids is 1. The maximum atomic E-state index is 13.1. The van der Waals surface area contributed by atoms with E-state index in [9.17, 15) is 9.59 Å². The molecule has 2 aromatic carbocycles. The molecule has 0 saturated heterocycles. The third-order valence-electron chi connectivity index (χ3n) is 4.57. The van der Waals surface area contributed by atoms with Gasteiger partial charge in [-0.15, -0.1) is 0 Å². The average molecular weight is 476 g/mol. The van der Waals surface area contributed by atoms with E-state index >= 15 is 0 Å². The Hall–Kier alpha value is -2.55. The number of halogens is 1. The number of nitrogens with zero attached hydrogens (tertiary/aromatic N) is 2. The maximum absolute atomic E-state index is 13.1. The Morgan fingerprint density at radius 2 is 1.97 bits per heavy atom. The molecule has 1 N–H and O–H groups in total. The van der Waals surface area contributed by atoms with Crippen LogP contribution in [-0.4, -0.2) is 41.0 Å². The van der Waals surface area contributed by atoms with Crippen molar-refractivity contribution in [1.82, 2.24) is 9.55 Å². The lowest BCUT2D eigenvalue weighted by Gasteiger charge is -2.14. The molecule has 1 amide bonds. The van der Waals surface area contributed by atoms with E-state index in [0.29, 0.717) is 52.1 Å². The van der Waals surface area contributed by atoms with Gasteiger partial charge in [0.1, 0.15) is 5.75 Å². The van der Waals surface area contributed by atoms with Gasteiger partial charge in [0.15, 0.2) is 5.16 Å². The van der Waals surface area contributed by atoms with Gasteiger partial charge in [-0.3, -0.25) is 14.2 Å². The minimum atomic E-state index is -0.199. The van der Waals surface area contributed by atoms with Gasteiger partial charge in [0.05, 0.1) is 29.9 Å². The number of ether oxygens (including phenoxy) is 2. The summed E-state index contributed by atoms with van der Waals surface area (Å²) < 4.78 is 12.3. The van der Waals surface area contributed by atoms with E-state index in [1.54, 1.807) is 54.1 Å². The summed E-state index contributed by atoms with van der Waals surface area (Å²) in [5.41, 5.74) is 1.02. The van der Waals surface area contributed by atoms with Crippen molar-refractivity contribution < 1.29 is 14.3 Å². The summed E-state index contributed by atoms with van der Waals surface area (Å²) in [6.45, 7) is 4.91. The van der Waals surface area contributed by atoms with Crippen molar-refractivity contribution in [1.29, 1.82) is 0 Å². The number of carbonyl (C=O) groups is 1. The molecule has 0 spiro atoms. The number of benzene rings is 2. The van der Waals surface area contributed by atoms with Crippen LogP contribution in [0.15, 0.2) is 52.4 Å². The highest BCUT2D eigenvalue weighted by Crippen LogP contribution is 2.21. The van der Waals surface area contributed by atoms with Gasteiger partial charge in [0, 0.05) is 23.9 Å². The third-order valence-corrected chi connectivity index (χ3v) is 5.78. The highest BCUT2D eigenvalue weighted by molar-refractivity contribution is 7.99. The number of thioether (sulfide) groups is 1. The second-order valence-corrected chi connectivity index (χ2v) is 8.73. The quantitative estimate of drug-likeness (QED) is 0.262. The summed E-state index contributed by atoms with van der Waals surface area (Å²) in [4.78, 5) is 30.2. The molecule has 0 radical (unpaired) electrons. The second-order valence-electron chi connectivity index (χ2n) is 7.35. The van der Waals surface area contributed by atoms with Crippen LogP contribution in [0.5, 0.6) is 5.75 Å². The minimum Gasteiger partial charge on any atom is -0.497 e. The van der Waals surface area contributed by atoms with Gasteiger partial charge < -0.3 is 14.8 Å². The highest BCUT2D eigenvalue weighted by Gasteiger charge is 2.14. The van der Waals surface area contributed by atoms with E-state index in [0.717, 1.165) is 0 Å². The van der Waals surface area contributed by atoms with Gasteiger partial charge in [0.25, 0.3) is 5.56 Å². The first-order valence-electron chi connectivity index (χ1n) is 10.3. The largest absolute Gasteiger partial charge is 0.497 e. The van der Waals surface area contributed by atoms with E-state index in [1.807, 2.05) is 13.8 Å². The van der Waals surface area contributed by atoms with Crippen LogP contribution in [-0.2, 0) is 16.1 Å². The van der Waals surface area contributed by atoms with E-state index in [2.05, 4.69) is 10.3 Å². The van der Waals surface area contributed by atoms with Gasteiger partial charge >= 0.3 is 0 Å². The van der Waals surface area contributed by atoms with Gasteiger partial charge in [0.2, 0.25) is 5.91 Å². The number of fused-ring (bicyclic) bond motifs is 1. The molecule has 7 nitrogen and oxygen atoms in total. The first-order valence-corrected chi connectivity index (χ1v) is 11.6. The Morgan fingerprint density at radius 1 is 1.22 bits per heavy atom. The third kappa shape index (κ3) is 6.48. The summed E-state index contributed by atoms with van der Waals surface area (Å²) in [6, 6.07) is 12.1. The molecule has 0 unspecified atom stereocenters. The van der Waals surface area contributed by atoms with Crippen molar-refractivity contribution in [3.05, 3.63) is 57.8 Å². The van der Waals surface area contributed by atoms with Crippen LogP contribution < -0.4 is 15.6 Å². The van der Waals surface area contributed by atoms with Crippen molar-refractivity contribution in [2.75, 3.05) is 24.8 Å². The van der Waals surface area contributed by atoms with E-state index < -0.39 is 0 Å². The molecule has 0 fully saturated rings. The van der Waals surface area contributed by atoms with Gasteiger partial charge in [-0.2, -0.15) is 0 Å². The standard InChI is InChI=1S/C23H26ClN3O4S/c1-15(2)31-12-4-11-27-22(29)19-10-5-16(24)13-20(19)26-23(27)32-14-21(28)25-17-6-8-18(30-3)9-7-17/h5-10,13,15H,4,11-12,14H2,1-3H3,(H,25,28). The fraction of sp³-hybridized carbons (Fsp3) is 0.348. The Morgan fingerprint density at radius 3 is 2.66 bits per heavy atom. The number of methoxy groups -OCH3 is 1. The zero-order valence-corrected chi connectivity index (χ0v) is 19.8. The van der Waals surface area contributed by atoms with Crippen LogP contribution in [0.25, 0.3) is 10.9 Å². The number of hydrogen-bond donors (Lipinski definition) is 1. The SMILES string of the molecule is COc1ccc(NC(=O)CSc2nc3cc(Cl)ccc3c(=O)n2CCCOC(C)C)cc1. The lowest BCUT2D eigenvalue weighted by Crippen LogP contribution is -2.25. The van der Waals surface area contributed by atoms with E-state index in [4.69, 9.17) is 21.1 Å². The summed E-state index contributed by atoms with van der Waals surface area (Å²) >= 11 is 7.30. The second kappa shape index (κ2) is 11.4. The Labute approximate surface area is 196 Å². The number of aromatic nitrogens is 2. The van der Waals surface area contributed by atoms with Crippen LogP contribution in [0.2, 0.25) is 5.02 Å². The molecule has 9 heteroatoms. The molecule has 3 rings (SSSR count). The van der Waals surface area contributed by atoms with E-state index in [1.165, 1.54) is 11.8 Å². The lowest BCUT2D eigenvalue weighted by molar-refractivity contribution is -0.113. The first-order chi connectivity index (χ1) is 15.4. The summed E-state index contributed by atoms with van der Waals surface area (Å²) in [6.07, 6.45) is 0.781. The number of nitrogens with one attached hydrogen (secondary N) is 1.